The lowest BCUT2D eigenvalue weighted by molar-refractivity contribution is 0.554. The largest absolute Gasteiger partial charge is 0.417 e. The fraction of sp³-hybridized carbons (Fsp3) is 0. The Bertz CT molecular complexity index is 443. The summed E-state index contributed by atoms with van der Waals surface area (Å²) >= 11 is 3.26. The molecule has 0 atom stereocenters. The van der Waals surface area contributed by atoms with E-state index < -0.39 is 5.76 Å². The molecule has 0 spiro atoms. The number of hydrogen-bond donors (Lipinski definition) is 1. The molecule has 0 amide bonds. The molecule has 3 nitrogen and oxygen atoms in total. The van der Waals surface area contributed by atoms with Crippen LogP contribution < -0.4 is 5.76 Å². The van der Waals surface area contributed by atoms with Gasteiger partial charge in [-0.2, -0.15) is 0 Å². The summed E-state index contributed by atoms with van der Waals surface area (Å²) in [5.41, 5.74) is 1.28. The molecule has 11 heavy (non-hydrogen) atoms. The van der Waals surface area contributed by atoms with E-state index in [4.69, 9.17) is 4.42 Å². The molecule has 1 heterocycles. The van der Waals surface area contributed by atoms with Crippen molar-refractivity contribution in [2.24, 2.45) is 0 Å². The molecule has 0 saturated carbocycles. The summed E-state index contributed by atoms with van der Waals surface area (Å²) in [6.07, 6.45) is 0. The maximum atomic E-state index is 10.7. The predicted octanol–water partition coefficient (Wildman–Crippen LogP) is 1.88. The molecule has 1 aromatic carbocycles. The number of rotatable bonds is 0. The molecule has 2 rings (SSSR count). The van der Waals surface area contributed by atoms with Crippen LogP contribution in [0.2, 0.25) is 0 Å². The number of aromatic amines is 1. The molecule has 0 saturated heterocycles. The van der Waals surface area contributed by atoms with Crippen LogP contribution in [0.4, 0.5) is 0 Å². The predicted molar refractivity (Wildman–Crippen MR) is 44.5 cm³/mol. The summed E-state index contributed by atoms with van der Waals surface area (Å²) in [6, 6.07) is 5.43. The molecule has 0 fully saturated rings. The van der Waals surface area contributed by atoms with Crippen LogP contribution in [0.3, 0.4) is 0 Å². The summed E-state index contributed by atoms with van der Waals surface area (Å²) in [6.45, 7) is 0. The van der Waals surface area contributed by atoms with Gasteiger partial charge in [0, 0.05) is 0 Å². The van der Waals surface area contributed by atoms with Crippen molar-refractivity contribution in [3.63, 3.8) is 0 Å². The van der Waals surface area contributed by atoms with Crippen LogP contribution in [0.15, 0.2) is 31.9 Å². The fourth-order valence-electron chi connectivity index (χ4n) is 0.939. The molecule has 4 heteroatoms. The van der Waals surface area contributed by atoms with Gasteiger partial charge in [0.25, 0.3) is 0 Å². The number of nitrogens with one attached hydrogen (secondary N) is 1. The zero-order valence-electron chi connectivity index (χ0n) is 5.43. The average Bonchev–Trinajstić information content (AvgIpc) is 2.31. The third kappa shape index (κ3) is 0.991. The van der Waals surface area contributed by atoms with Crippen molar-refractivity contribution in [1.29, 1.82) is 0 Å². The minimum Gasteiger partial charge on any atom is -0.407 e. The van der Waals surface area contributed by atoms with Crippen molar-refractivity contribution >= 4 is 27.0 Å². The van der Waals surface area contributed by atoms with Crippen LogP contribution in [-0.2, 0) is 0 Å². The standard InChI is InChI=1S/C7H4BrNO2/c8-4-2-1-3-5-6(4)11-7(10)9-5/h1-3H,(H,9,10). The van der Waals surface area contributed by atoms with Gasteiger partial charge in [0.2, 0.25) is 0 Å². The third-order valence-corrected chi connectivity index (χ3v) is 2.02. The monoisotopic (exact) mass is 213 g/mol. The van der Waals surface area contributed by atoms with Gasteiger partial charge >= 0.3 is 5.76 Å². The highest BCUT2D eigenvalue weighted by Gasteiger charge is 2.02. The number of fused-ring (bicyclic) bond motifs is 1. The maximum Gasteiger partial charge on any atom is 0.417 e. The number of para-hydroxylation sites is 1. The van der Waals surface area contributed by atoms with Crippen LogP contribution in [0.5, 0.6) is 0 Å². The molecule has 56 valence electrons. The quantitative estimate of drug-likeness (QED) is 0.727. The van der Waals surface area contributed by atoms with Crippen LogP contribution in [0.1, 0.15) is 0 Å². The molecule has 2 aromatic rings. The van der Waals surface area contributed by atoms with Gasteiger partial charge in [-0.15, -0.1) is 0 Å². The van der Waals surface area contributed by atoms with E-state index in [9.17, 15) is 4.79 Å². The third-order valence-electron chi connectivity index (χ3n) is 1.40. The van der Waals surface area contributed by atoms with Gasteiger partial charge < -0.3 is 4.42 Å². The highest BCUT2D eigenvalue weighted by atomic mass is 79.9. The van der Waals surface area contributed by atoms with Crippen molar-refractivity contribution in [2.45, 2.75) is 0 Å². The number of H-pyrrole nitrogens is 1. The Balaban J connectivity index is 3.01. The summed E-state index contributed by atoms with van der Waals surface area (Å²) in [5.74, 6) is -0.424. The second kappa shape index (κ2) is 2.23. The van der Waals surface area contributed by atoms with Crippen molar-refractivity contribution in [3.8, 4) is 0 Å². The van der Waals surface area contributed by atoms with E-state index in [1.807, 2.05) is 12.1 Å². The molecule has 1 aromatic heterocycles. The van der Waals surface area contributed by atoms with E-state index in [1.54, 1.807) is 6.07 Å². The average molecular weight is 214 g/mol. The van der Waals surface area contributed by atoms with Gasteiger partial charge in [-0.3, -0.25) is 4.98 Å². The Morgan fingerprint density at radius 2 is 2.27 bits per heavy atom. The topological polar surface area (TPSA) is 46.0 Å². The number of hydrogen-bond acceptors (Lipinski definition) is 2. The van der Waals surface area contributed by atoms with Gasteiger partial charge in [0.15, 0.2) is 5.58 Å². The SMILES string of the molecule is O=c1[nH]c2cccc(Br)c2o1. The number of halogens is 1. The molecular weight excluding hydrogens is 210 g/mol. The molecule has 0 aliphatic heterocycles. The van der Waals surface area contributed by atoms with E-state index in [2.05, 4.69) is 20.9 Å². The van der Waals surface area contributed by atoms with Gasteiger partial charge in [-0.25, -0.2) is 4.79 Å². The first kappa shape index (κ1) is 6.67. The van der Waals surface area contributed by atoms with Crippen LogP contribution >= 0.6 is 15.9 Å². The Morgan fingerprint density at radius 1 is 1.45 bits per heavy atom. The first-order valence-corrected chi connectivity index (χ1v) is 3.84. The Labute approximate surface area is 70.2 Å². The summed E-state index contributed by atoms with van der Waals surface area (Å²) in [4.78, 5) is 13.2. The number of oxazole rings is 1. The lowest BCUT2D eigenvalue weighted by Crippen LogP contribution is -1.92. The molecule has 0 aliphatic rings. The van der Waals surface area contributed by atoms with E-state index in [-0.39, 0.29) is 0 Å². The minimum absolute atomic E-state index is 0.424. The number of aromatic nitrogens is 1. The van der Waals surface area contributed by atoms with E-state index in [0.29, 0.717) is 11.1 Å². The number of benzene rings is 1. The lowest BCUT2D eigenvalue weighted by Gasteiger charge is -1.87. The lowest BCUT2D eigenvalue weighted by atomic mass is 10.3. The van der Waals surface area contributed by atoms with Crippen LogP contribution in [-0.4, -0.2) is 4.98 Å². The fourth-order valence-corrected chi connectivity index (χ4v) is 1.39. The molecule has 0 radical (unpaired) electrons. The second-order valence-electron chi connectivity index (χ2n) is 2.13. The Hall–Kier alpha value is -1.03. The van der Waals surface area contributed by atoms with Crippen molar-refractivity contribution in [1.82, 2.24) is 4.98 Å². The van der Waals surface area contributed by atoms with Gasteiger partial charge in [-0.05, 0) is 28.1 Å². The molecule has 0 unspecified atom stereocenters. The normalized spacial score (nSPS) is 10.6. The Morgan fingerprint density at radius 3 is 3.00 bits per heavy atom. The summed E-state index contributed by atoms with van der Waals surface area (Å²) in [5, 5.41) is 0. The Kier molecular flexibility index (Phi) is 1.35. The second-order valence-corrected chi connectivity index (χ2v) is 2.99. The molecular formula is C7H4BrNO2. The van der Waals surface area contributed by atoms with Gasteiger partial charge in [0.1, 0.15) is 0 Å². The minimum atomic E-state index is -0.424. The van der Waals surface area contributed by atoms with Gasteiger partial charge in [0.05, 0.1) is 9.99 Å². The highest BCUT2D eigenvalue weighted by Crippen LogP contribution is 2.20. The van der Waals surface area contributed by atoms with Gasteiger partial charge in [-0.1, -0.05) is 6.07 Å². The summed E-state index contributed by atoms with van der Waals surface area (Å²) < 4.78 is 5.63. The van der Waals surface area contributed by atoms with Crippen molar-refractivity contribution < 1.29 is 4.42 Å². The van der Waals surface area contributed by atoms with Crippen LogP contribution in [0.25, 0.3) is 11.1 Å². The van der Waals surface area contributed by atoms with Crippen molar-refractivity contribution in [3.05, 3.63) is 33.2 Å². The maximum absolute atomic E-state index is 10.7. The van der Waals surface area contributed by atoms with E-state index >= 15 is 0 Å². The van der Waals surface area contributed by atoms with Crippen molar-refractivity contribution in [2.75, 3.05) is 0 Å². The highest BCUT2D eigenvalue weighted by molar-refractivity contribution is 9.10. The molecule has 0 bridgehead atoms. The first-order valence-electron chi connectivity index (χ1n) is 3.05. The zero-order valence-corrected chi connectivity index (χ0v) is 7.01. The smallest absolute Gasteiger partial charge is 0.407 e. The zero-order chi connectivity index (χ0) is 7.84. The van der Waals surface area contributed by atoms with Crippen LogP contribution in [0, 0.1) is 0 Å². The molecule has 1 N–H and O–H groups in total. The summed E-state index contributed by atoms with van der Waals surface area (Å²) in [7, 11) is 0. The van der Waals surface area contributed by atoms with E-state index in [0.717, 1.165) is 4.47 Å². The first-order chi connectivity index (χ1) is 5.27. The molecule has 0 aliphatic carbocycles. The van der Waals surface area contributed by atoms with E-state index in [1.165, 1.54) is 0 Å².